The molecule has 0 saturated heterocycles. The van der Waals surface area contributed by atoms with E-state index in [0.29, 0.717) is 11.4 Å². The van der Waals surface area contributed by atoms with Gasteiger partial charge in [-0.3, -0.25) is 5.10 Å². The van der Waals surface area contributed by atoms with Crippen molar-refractivity contribution in [3.63, 3.8) is 0 Å². The lowest BCUT2D eigenvalue weighted by molar-refractivity contribution is 0.486. The number of aromatic nitrogens is 2. The first-order valence-electron chi connectivity index (χ1n) is 4.26. The Labute approximate surface area is 80.8 Å². The number of nitrogens with two attached hydrogens (primary N) is 1. The Morgan fingerprint density at radius 1 is 1.29 bits per heavy atom. The van der Waals surface area contributed by atoms with Crippen molar-refractivity contribution in [1.82, 2.24) is 10.2 Å². The van der Waals surface area contributed by atoms with Crippen LogP contribution in [0.5, 0.6) is 0 Å². The number of nitrogen functional groups attached to an aromatic ring is 1. The average molecular weight is 191 g/mol. The summed E-state index contributed by atoms with van der Waals surface area (Å²) in [5.41, 5.74) is 7.82. The molecule has 3 N–H and O–H groups in total. The number of benzene rings is 1. The molecule has 14 heavy (non-hydrogen) atoms. The van der Waals surface area contributed by atoms with Crippen molar-refractivity contribution in [2.24, 2.45) is 0 Å². The van der Waals surface area contributed by atoms with Gasteiger partial charge in [0.05, 0.1) is 6.20 Å². The predicted octanol–water partition coefficient (Wildman–Crippen LogP) is 2.13. The Kier molecular flexibility index (Phi) is 2.18. The van der Waals surface area contributed by atoms with Crippen molar-refractivity contribution in [2.45, 2.75) is 6.67 Å². The standard InChI is InChI=1S/C10H10FN3/c11-5-7-3-1-2-4-8(7)9-6-13-14-10(9)12/h1-4,6H,5H2,(H3,12,13,14). The Hall–Kier alpha value is -1.84. The first kappa shape index (κ1) is 8.74. The molecular weight excluding hydrogens is 181 g/mol. The van der Waals surface area contributed by atoms with Crippen LogP contribution in [0, 0.1) is 0 Å². The second-order valence-corrected chi connectivity index (χ2v) is 2.99. The monoisotopic (exact) mass is 191 g/mol. The second kappa shape index (κ2) is 3.49. The molecule has 2 rings (SSSR count). The van der Waals surface area contributed by atoms with Gasteiger partial charge in [0.2, 0.25) is 0 Å². The molecule has 0 bridgehead atoms. The van der Waals surface area contributed by atoms with Gasteiger partial charge in [0.25, 0.3) is 0 Å². The number of nitrogens with zero attached hydrogens (tertiary/aromatic N) is 1. The highest BCUT2D eigenvalue weighted by Gasteiger charge is 2.08. The summed E-state index contributed by atoms with van der Waals surface area (Å²) in [6, 6.07) is 7.22. The summed E-state index contributed by atoms with van der Waals surface area (Å²) in [6.45, 7) is -0.499. The Morgan fingerprint density at radius 2 is 2.07 bits per heavy atom. The maximum absolute atomic E-state index is 12.6. The van der Waals surface area contributed by atoms with Gasteiger partial charge in [0.15, 0.2) is 0 Å². The smallest absolute Gasteiger partial charge is 0.126 e. The second-order valence-electron chi connectivity index (χ2n) is 2.99. The summed E-state index contributed by atoms with van der Waals surface area (Å²) in [7, 11) is 0. The van der Waals surface area contributed by atoms with Gasteiger partial charge in [-0.2, -0.15) is 5.10 Å². The molecule has 0 aliphatic rings. The van der Waals surface area contributed by atoms with E-state index >= 15 is 0 Å². The minimum absolute atomic E-state index is 0.464. The van der Waals surface area contributed by atoms with Crippen LogP contribution < -0.4 is 5.73 Å². The number of rotatable bonds is 2. The van der Waals surface area contributed by atoms with Crippen molar-refractivity contribution in [3.8, 4) is 11.1 Å². The van der Waals surface area contributed by atoms with E-state index in [1.165, 1.54) is 0 Å². The number of halogens is 1. The van der Waals surface area contributed by atoms with E-state index in [-0.39, 0.29) is 0 Å². The third-order valence-corrected chi connectivity index (χ3v) is 2.12. The highest BCUT2D eigenvalue weighted by molar-refractivity contribution is 5.75. The van der Waals surface area contributed by atoms with Crippen LogP contribution in [0.15, 0.2) is 30.5 Å². The van der Waals surface area contributed by atoms with Gasteiger partial charge in [-0.25, -0.2) is 4.39 Å². The fourth-order valence-electron chi connectivity index (χ4n) is 1.41. The fourth-order valence-corrected chi connectivity index (χ4v) is 1.41. The van der Waals surface area contributed by atoms with Crippen molar-refractivity contribution in [2.75, 3.05) is 5.73 Å². The van der Waals surface area contributed by atoms with Gasteiger partial charge in [-0.05, 0) is 11.1 Å². The van der Waals surface area contributed by atoms with Crippen LogP contribution in [-0.4, -0.2) is 10.2 Å². The summed E-state index contributed by atoms with van der Waals surface area (Å²) in [4.78, 5) is 0. The third kappa shape index (κ3) is 1.35. The van der Waals surface area contributed by atoms with Gasteiger partial charge in [-0.1, -0.05) is 24.3 Å². The molecule has 0 spiro atoms. The summed E-state index contributed by atoms with van der Waals surface area (Å²) >= 11 is 0. The molecule has 0 radical (unpaired) electrons. The van der Waals surface area contributed by atoms with Crippen molar-refractivity contribution in [3.05, 3.63) is 36.0 Å². The largest absolute Gasteiger partial charge is 0.384 e. The number of hydrogen-bond donors (Lipinski definition) is 2. The number of alkyl halides is 1. The maximum atomic E-state index is 12.6. The van der Waals surface area contributed by atoms with Crippen LogP contribution >= 0.6 is 0 Å². The predicted molar refractivity (Wildman–Crippen MR) is 53.2 cm³/mol. The molecule has 0 fully saturated rings. The van der Waals surface area contributed by atoms with Crippen LogP contribution in [-0.2, 0) is 6.67 Å². The molecule has 4 heteroatoms. The molecule has 1 heterocycles. The fraction of sp³-hybridized carbons (Fsp3) is 0.100. The molecule has 1 aromatic heterocycles. The summed E-state index contributed by atoms with van der Waals surface area (Å²) in [5.74, 6) is 0.464. The zero-order chi connectivity index (χ0) is 9.97. The molecule has 0 atom stereocenters. The van der Waals surface area contributed by atoms with Crippen LogP contribution in [0.4, 0.5) is 10.2 Å². The van der Waals surface area contributed by atoms with E-state index in [0.717, 1.165) is 11.1 Å². The maximum Gasteiger partial charge on any atom is 0.126 e. The van der Waals surface area contributed by atoms with Gasteiger partial charge in [-0.15, -0.1) is 0 Å². The van der Waals surface area contributed by atoms with Crippen molar-refractivity contribution < 1.29 is 4.39 Å². The van der Waals surface area contributed by atoms with Crippen molar-refractivity contribution >= 4 is 5.82 Å². The third-order valence-electron chi connectivity index (χ3n) is 2.12. The van der Waals surface area contributed by atoms with E-state index in [1.807, 2.05) is 12.1 Å². The van der Waals surface area contributed by atoms with E-state index in [1.54, 1.807) is 18.3 Å². The summed E-state index contributed by atoms with van der Waals surface area (Å²) < 4.78 is 12.6. The molecular formula is C10H10FN3. The lowest BCUT2D eigenvalue weighted by atomic mass is 10.0. The number of H-pyrrole nitrogens is 1. The lowest BCUT2D eigenvalue weighted by Crippen LogP contribution is -1.90. The van der Waals surface area contributed by atoms with Gasteiger partial charge in [0, 0.05) is 5.56 Å². The van der Waals surface area contributed by atoms with Crippen LogP contribution in [0.2, 0.25) is 0 Å². The zero-order valence-corrected chi connectivity index (χ0v) is 7.50. The van der Waals surface area contributed by atoms with Crippen LogP contribution in [0.3, 0.4) is 0 Å². The molecule has 3 nitrogen and oxygen atoms in total. The Morgan fingerprint density at radius 3 is 2.71 bits per heavy atom. The molecule has 0 saturated carbocycles. The van der Waals surface area contributed by atoms with Gasteiger partial charge in [0.1, 0.15) is 12.5 Å². The molecule has 1 aromatic carbocycles. The van der Waals surface area contributed by atoms with E-state index in [9.17, 15) is 4.39 Å². The average Bonchev–Trinajstić information content (AvgIpc) is 2.64. The molecule has 0 amide bonds. The first-order valence-corrected chi connectivity index (χ1v) is 4.26. The zero-order valence-electron chi connectivity index (χ0n) is 7.50. The molecule has 72 valence electrons. The minimum Gasteiger partial charge on any atom is -0.384 e. The highest BCUT2D eigenvalue weighted by Crippen LogP contribution is 2.27. The normalized spacial score (nSPS) is 10.4. The highest BCUT2D eigenvalue weighted by atomic mass is 19.1. The lowest BCUT2D eigenvalue weighted by Gasteiger charge is -2.04. The molecule has 0 aliphatic carbocycles. The first-order chi connectivity index (χ1) is 6.83. The summed E-state index contributed by atoms with van der Waals surface area (Å²) in [6.07, 6.45) is 1.60. The Bertz CT molecular complexity index is 436. The number of nitrogens with one attached hydrogen (secondary N) is 1. The number of anilines is 1. The topological polar surface area (TPSA) is 54.7 Å². The van der Waals surface area contributed by atoms with Crippen LogP contribution in [0.25, 0.3) is 11.1 Å². The minimum atomic E-state index is -0.499. The SMILES string of the molecule is Nc1[nH]ncc1-c1ccccc1CF. The quantitative estimate of drug-likeness (QED) is 0.764. The molecule has 0 aliphatic heterocycles. The van der Waals surface area contributed by atoms with E-state index in [2.05, 4.69) is 10.2 Å². The molecule has 2 aromatic rings. The van der Waals surface area contributed by atoms with E-state index < -0.39 is 6.67 Å². The van der Waals surface area contributed by atoms with Gasteiger partial charge < -0.3 is 5.73 Å². The van der Waals surface area contributed by atoms with Crippen LogP contribution in [0.1, 0.15) is 5.56 Å². The van der Waals surface area contributed by atoms with E-state index in [4.69, 9.17) is 5.73 Å². The number of aromatic amines is 1. The van der Waals surface area contributed by atoms with Gasteiger partial charge >= 0.3 is 0 Å². The Balaban J connectivity index is 2.56. The summed E-state index contributed by atoms with van der Waals surface area (Å²) in [5, 5.41) is 6.42. The molecule has 0 unspecified atom stereocenters. The number of hydrogen-bond acceptors (Lipinski definition) is 2. The van der Waals surface area contributed by atoms with Crippen molar-refractivity contribution in [1.29, 1.82) is 0 Å².